The van der Waals surface area contributed by atoms with Gasteiger partial charge in [0, 0.05) is 18.1 Å². The van der Waals surface area contributed by atoms with E-state index >= 15 is 0 Å². The summed E-state index contributed by atoms with van der Waals surface area (Å²) in [5, 5.41) is 0.385. The average molecular weight is 417 g/mol. The highest BCUT2D eigenvalue weighted by Gasteiger charge is 2.35. The molecule has 150 valence electrons. The number of benzene rings is 1. The van der Waals surface area contributed by atoms with Gasteiger partial charge >= 0.3 is 5.97 Å². The van der Waals surface area contributed by atoms with Crippen LogP contribution >= 0.6 is 11.6 Å². The van der Waals surface area contributed by atoms with E-state index in [0.29, 0.717) is 43.2 Å². The van der Waals surface area contributed by atoms with Gasteiger partial charge in [0.25, 0.3) is 0 Å². The van der Waals surface area contributed by atoms with Crippen LogP contribution in [0.2, 0.25) is 5.02 Å². The molecule has 1 aromatic rings. The Morgan fingerprint density at radius 3 is 2.48 bits per heavy atom. The van der Waals surface area contributed by atoms with Crippen molar-refractivity contribution < 1.29 is 22.7 Å². The number of rotatable bonds is 6. The molecule has 1 aliphatic heterocycles. The Bertz CT molecular complexity index is 791. The van der Waals surface area contributed by atoms with Gasteiger partial charge in [0.2, 0.25) is 15.9 Å². The summed E-state index contributed by atoms with van der Waals surface area (Å²) in [6.45, 7) is 4.42. The summed E-state index contributed by atoms with van der Waals surface area (Å²) in [4.78, 5) is 26.4. The molecule has 0 spiro atoms. The van der Waals surface area contributed by atoms with Crippen molar-refractivity contribution in [3.63, 3.8) is 0 Å². The van der Waals surface area contributed by atoms with E-state index in [2.05, 4.69) is 0 Å². The van der Waals surface area contributed by atoms with E-state index in [0.717, 1.165) is 10.6 Å². The maximum Gasteiger partial charge on any atom is 0.309 e. The van der Waals surface area contributed by atoms with Crippen molar-refractivity contribution in [2.24, 2.45) is 5.92 Å². The molecule has 1 amide bonds. The van der Waals surface area contributed by atoms with Gasteiger partial charge in [-0.3, -0.25) is 13.9 Å². The van der Waals surface area contributed by atoms with Gasteiger partial charge < -0.3 is 9.64 Å². The summed E-state index contributed by atoms with van der Waals surface area (Å²) in [5.74, 6) is -0.764. The van der Waals surface area contributed by atoms with Crippen molar-refractivity contribution in [1.82, 2.24) is 4.90 Å². The van der Waals surface area contributed by atoms with Crippen LogP contribution in [0.15, 0.2) is 24.3 Å². The van der Waals surface area contributed by atoms with Gasteiger partial charge in [0.05, 0.1) is 24.5 Å². The number of anilines is 1. The first kappa shape index (κ1) is 21.5. The lowest BCUT2D eigenvalue weighted by atomic mass is 9.96. The zero-order valence-electron chi connectivity index (χ0n) is 15.7. The minimum Gasteiger partial charge on any atom is -0.466 e. The second-order valence-corrected chi connectivity index (χ2v) is 8.86. The minimum absolute atomic E-state index is 0.219. The number of carbonyl (C=O) groups is 2. The van der Waals surface area contributed by atoms with E-state index in [4.69, 9.17) is 16.3 Å². The normalized spacial score (nSPS) is 16.7. The molecule has 9 heteroatoms. The average Bonchev–Trinajstić information content (AvgIpc) is 2.60. The minimum atomic E-state index is -3.70. The van der Waals surface area contributed by atoms with Crippen LogP contribution in [0.3, 0.4) is 0 Å². The largest absolute Gasteiger partial charge is 0.466 e. The summed E-state index contributed by atoms with van der Waals surface area (Å²) < 4.78 is 30.8. The van der Waals surface area contributed by atoms with Crippen LogP contribution in [0.25, 0.3) is 0 Å². The van der Waals surface area contributed by atoms with E-state index in [-0.39, 0.29) is 17.8 Å². The van der Waals surface area contributed by atoms with E-state index in [1.54, 1.807) is 36.9 Å². The van der Waals surface area contributed by atoms with Crippen LogP contribution < -0.4 is 4.31 Å². The van der Waals surface area contributed by atoms with Gasteiger partial charge in [-0.15, -0.1) is 0 Å². The number of halogens is 1. The molecule has 1 fully saturated rings. The standard InChI is InChI=1S/C18H25ClN2O5S/c1-4-26-18(23)14-8-10-20(11-9-14)17(22)13(2)21(27(3,24)25)16-7-5-6-15(19)12-16/h5-7,12-14H,4,8-11H2,1-3H3/t13-/m1/s1. The van der Waals surface area contributed by atoms with Crippen molar-refractivity contribution in [3.8, 4) is 0 Å². The molecule has 2 rings (SSSR count). The first-order valence-electron chi connectivity index (χ1n) is 8.85. The van der Waals surface area contributed by atoms with Crippen LogP contribution in [-0.4, -0.2) is 57.2 Å². The van der Waals surface area contributed by atoms with E-state index in [1.165, 1.54) is 6.07 Å². The number of likely N-dealkylation sites (tertiary alicyclic amines) is 1. The fourth-order valence-electron chi connectivity index (χ4n) is 3.28. The van der Waals surface area contributed by atoms with E-state index < -0.39 is 16.1 Å². The SMILES string of the molecule is CCOC(=O)C1CCN(C(=O)[C@@H](C)N(c2cccc(Cl)c2)S(C)(=O)=O)CC1. The number of piperidine rings is 1. The number of hydrogen-bond acceptors (Lipinski definition) is 5. The maximum atomic E-state index is 12.9. The second kappa shape index (κ2) is 8.93. The monoisotopic (exact) mass is 416 g/mol. The number of sulfonamides is 1. The number of carbonyl (C=O) groups excluding carboxylic acids is 2. The lowest BCUT2D eigenvalue weighted by Gasteiger charge is -2.36. The zero-order chi connectivity index (χ0) is 20.2. The summed E-state index contributed by atoms with van der Waals surface area (Å²) >= 11 is 5.98. The maximum absolute atomic E-state index is 12.9. The Labute approximate surface area is 165 Å². The Morgan fingerprint density at radius 1 is 1.33 bits per heavy atom. The number of nitrogens with zero attached hydrogens (tertiary/aromatic N) is 2. The number of hydrogen-bond donors (Lipinski definition) is 0. The molecule has 0 N–H and O–H groups in total. The molecule has 7 nitrogen and oxygen atoms in total. The van der Waals surface area contributed by atoms with Gasteiger partial charge in [0.15, 0.2) is 0 Å². The first-order valence-corrected chi connectivity index (χ1v) is 11.1. The van der Waals surface area contributed by atoms with Crippen molar-refractivity contribution in [2.45, 2.75) is 32.7 Å². The molecule has 0 radical (unpaired) electrons. The molecule has 0 unspecified atom stereocenters. The lowest BCUT2D eigenvalue weighted by molar-refractivity contribution is -0.151. The molecular formula is C18H25ClN2O5S. The third-order valence-corrected chi connectivity index (χ3v) is 6.03. The molecular weight excluding hydrogens is 392 g/mol. The highest BCUT2D eigenvalue weighted by molar-refractivity contribution is 7.92. The smallest absolute Gasteiger partial charge is 0.309 e. The molecule has 1 atom stereocenters. The van der Waals surface area contributed by atoms with Crippen LogP contribution in [0.1, 0.15) is 26.7 Å². The molecule has 27 heavy (non-hydrogen) atoms. The Balaban J connectivity index is 2.13. The summed E-state index contributed by atoms with van der Waals surface area (Å²) in [7, 11) is -3.70. The lowest BCUT2D eigenvalue weighted by Crippen LogP contribution is -2.51. The van der Waals surface area contributed by atoms with E-state index in [1.807, 2.05) is 0 Å². The summed E-state index contributed by atoms with van der Waals surface area (Å²) in [5.41, 5.74) is 0.340. The summed E-state index contributed by atoms with van der Waals surface area (Å²) in [6.07, 6.45) is 2.07. The topological polar surface area (TPSA) is 84.0 Å². The van der Waals surface area contributed by atoms with Gasteiger partial charge in [-0.25, -0.2) is 8.42 Å². The Hall–Kier alpha value is -1.80. The van der Waals surface area contributed by atoms with Gasteiger partial charge in [-0.05, 0) is 44.9 Å². The van der Waals surface area contributed by atoms with Crippen molar-refractivity contribution in [3.05, 3.63) is 29.3 Å². The molecule has 0 aliphatic carbocycles. The van der Waals surface area contributed by atoms with Gasteiger partial charge in [-0.2, -0.15) is 0 Å². The number of ether oxygens (including phenoxy) is 1. The van der Waals surface area contributed by atoms with Crippen LogP contribution in [0.5, 0.6) is 0 Å². The molecule has 0 aromatic heterocycles. The molecule has 0 bridgehead atoms. The van der Waals surface area contributed by atoms with Gasteiger partial charge in [0.1, 0.15) is 6.04 Å². The third-order valence-electron chi connectivity index (χ3n) is 4.56. The predicted molar refractivity (Wildman–Crippen MR) is 104 cm³/mol. The predicted octanol–water partition coefficient (Wildman–Crippen LogP) is 2.30. The van der Waals surface area contributed by atoms with E-state index in [9.17, 15) is 18.0 Å². The highest BCUT2D eigenvalue weighted by atomic mass is 35.5. The van der Waals surface area contributed by atoms with Crippen LogP contribution in [-0.2, 0) is 24.3 Å². The van der Waals surface area contributed by atoms with Crippen molar-refractivity contribution in [2.75, 3.05) is 30.3 Å². The van der Waals surface area contributed by atoms with Crippen LogP contribution in [0.4, 0.5) is 5.69 Å². The fraction of sp³-hybridized carbons (Fsp3) is 0.556. The number of esters is 1. The molecule has 1 aliphatic rings. The third kappa shape index (κ3) is 5.35. The fourth-order valence-corrected chi connectivity index (χ4v) is 4.62. The molecule has 1 aromatic carbocycles. The highest BCUT2D eigenvalue weighted by Crippen LogP contribution is 2.26. The quantitative estimate of drug-likeness (QED) is 0.664. The zero-order valence-corrected chi connectivity index (χ0v) is 17.3. The van der Waals surface area contributed by atoms with Gasteiger partial charge in [-0.1, -0.05) is 17.7 Å². The molecule has 1 heterocycles. The van der Waals surface area contributed by atoms with Crippen molar-refractivity contribution in [1.29, 1.82) is 0 Å². The summed E-state index contributed by atoms with van der Waals surface area (Å²) in [6, 6.07) is 5.47. The molecule has 0 saturated carbocycles. The van der Waals surface area contributed by atoms with Crippen molar-refractivity contribution >= 4 is 39.2 Å². The second-order valence-electron chi connectivity index (χ2n) is 6.57. The molecule has 1 saturated heterocycles. The van der Waals surface area contributed by atoms with Crippen LogP contribution in [0, 0.1) is 5.92 Å². The first-order chi connectivity index (χ1) is 12.6. The Morgan fingerprint density at radius 2 is 1.96 bits per heavy atom. The number of amides is 1. The Kier molecular flexibility index (Phi) is 7.11.